The largest absolute Gasteiger partial charge is 0.508 e. The number of phenolic OH excluding ortho intramolecular Hbond substituents is 1. The van der Waals surface area contributed by atoms with Gasteiger partial charge in [0.15, 0.2) is 0 Å². The minimum atomic E-state index is -1.21. The van der Waals surface area contributed by atoms with E-state index in [1.54, 1.807) is 0 Å². The second-order valence-corrected chi connectivity index (χ2v) is 12.5. The first-order valence-electron chi connectivity index (χ1n) is 13.3. The number of carbonyl (C=O) groups excluding carboxylic acids is 2. The van der Waals surface area contributed by atoms with Gasteiger partial charge < -0.3 is 30.7 Å². The molecule has 0 radical (unpaired) electrons. The summed E-state index contributed by atoms with van der Waals surface area (Å²) in [5, 5.41) is 31.8. The van der Waals surface area contributed by atoms with E-state index in [0.717, 1.165) is 19.3 Å². The predicted octanol–water partition coefficient (Wildman–Crippen LogP) is 2.97. The predicted molar refractivity (Wildman–Crippen MR) is 134 cm³/mol. The van der Waals surface area contributed by atoms with Gasteiger partial charge in [0, 0.05) is 29.4 Å². The van der Waals surface area contributed by atoms with E-state index >= 15 is 0 Å². The first kappa shape index (κ1) is 25.8. The number of carboxylic acid groups (broad SMARTS) is 1. The van der Waals surface area contributed by atoms with E-state index in [9.17, 15) is 29.7 Å². The first-order chi connectivity index (χ1) is 17.2. The molecule has 0 saturated heterocycles. The maximum Gasteiger partial charge on any atom is 0.326 e. The topological polar surface area (TPSA) is 150 Å². The van der Waals surface area contributed by atoms with Crippen molar-refractivity contribution in [3.63, 3.8) is 0 Å². The van der Waals surface area contributed by atoms with Gasteiger partial charge in [-0.2, -0.15) is 0 Å². The third-order valence-electron chi connectivity index (χ3n) is 10.4. The van der Waals surface area contributed by atoms with Gasteiger partial charge in [0.2, 0.25) is 5.91 Å². The normalized spacial score (nSPS) is 34.5. The average Bonchev–Trinajstić information content (AvgIpc) is 3.36. The van der Waals surface area contributed by atoms with Crippen LogP contribution in [-0.4, -0.2) is 55.8 Å². The molecule has 4 aliphatic rings. The summed E-state index contributed by atoms with van der Waals surface area (Å²) in [5.74, 6) is -1.48. The number of rotatable bonds is 5. The lowest BCUT2D eigenvalue weighted by Gasteiger charge is -2.64. The number of aliphatic carboxylic acids is 1. The van der Waals surface area contributed by atoms with Crippen molar-refractivity contribution in [2.75, 3.05) is 0 Å². The van der Waals surface area contributed by atoms with Crippen LogP contribution in [0.2, 0.25) is 0 Å². The van der Waals surface area contributed by atoms with Gasteiger partial charge in [0.1, 0.15) is 23.1 Å². The van der Waals surface area contributed by atoms with Crippen molar-refractivity contribution in [3.05, 3.63) is 22.8 Å². The van der Waals surface area contributed by atoms with E-state index in [1.165, 1.54) is 11.0 Å². The molecule has 2 aliphatic carbocycles. The fourth-order valence-corrected chi connectivity index (χ4v) is 8.23. The Kier molecular flexibility index (Phi) is 5.83. The fourth-order valence-electron chi connectivity index (χ4n) is 8.23. The van der Waals surface area contributed by atoms with Crippen molar-refractivity contribution in [1.82, 2.24) is 4.90 Å². The number of hydrogen-bond acceptors (Lipinski definition) is 6. The Balaban J connectivity index is 1.55. The quantitative estimate of drug-likeness (QED) is 0.472. The zero-order valence-corrected chi connectivity index (χ0v) is 22.0. The Morgan fingerprint density at radius 3 is 2.57 bits per heavy atom. The molecule has 6 atom stereocenters. The maximum absolute atomic E-state index is 13.3. The van der Waals surface area contributed by atoms with Crippen LogP contribution in [0.3, 0.4) is 0 Å². The summed E-state index contributed by atoms with van der Waals surface area (Å²) in [5.41, 5.74) is 5.56. The second kappa shape index (κ2) is 8.35. The smallest absolute Gasteiger partial charge is 0.326 e. The van der Waals surface area contributed by atoms with Crippen molar-refractivity contribution in [2.45, 2.75) is 96.9 Å². The molecule has 1 aromatic rings. The van der Waals surface area contributed by atoms with Crippen LogP contribution in [0.5, 0.6) is 11.5 Å². The summed E-state index contributed by atoms with van der Waals surface area (Å²) >= 11 is 0. The number of fused-ring (bicyclic) bond motifs is 5. The summed E-state index contributed by atoms with van der Waals surface area (Å²) in [6, 6.07) is 0.227. The monoisotopic (exact) mass is 514 g/mol. The highest BCUT2D eigenvalue weighted by molar-refractivity contribution is 6.02. The number of amides is 2. The van der Waals surface area contributed by atoms with Crippen molar-refractivity contribution < 1.29 is 34.4 Å². The molecule has 2 heterocycles. The summed E-state index contributed by atoms with van der Waals surface area (Å²) in [6.45, 7) is 8.74. The van der Waals surface area contributed by atoms with Gasteiger partial charge in [-0.1, -0.05) is 27.7 Å². The van der Waals surface area contributed by atoms with E-state index in [1.807, 2.05) is 0 Å². The van der Waals surface area contributed by atoms with Crippen LogP contribution in [0.25, 0.3) is 0 Å². The highest BCUT2D eigenvalue weighted by Gasteiger charge is 2.67. The number of aromatic hydroxyl groups is 1. The molecule has 1 spiro atoms. The number of phenols is 1. The van der Waals surface area contributed by atoms with Gasteiger partial charge >= 0.3 is 5.97 Å². The second-order valence-electron chi connectivity index (χ2n) is 12.5. The summed E-state index contributed by atoms with van der Waals surface area (Å²) in [7, 11) is 0. The van der Waals surface area contributed by atoms with Crippen molar-refractivity contribution >= 4 is 17.8 Å². The Bertz CT molecular complexity index is 1180. The Labute approximate surface area is 217 Å². The third kappa shape index (κ3) is 3.49. The SMILES string of the molecule is C[C@H]1CC[C@@H]2C(C)(C)[C@H](O)CC[C@]2(C)[C@]12Cc1c(O)cc3c(c1O2)CN([C@@H](CCC(N)=O)C(=O)O)C3=O. The van der Waals surface area contributed by atoms with Gasteiger partial charge in [0.05, 0.1) is 18.2 Å². The van der Waals surface area contributed by atoms with E-state index in [2.05, 4.69) is 27.7 Å². The number of hydrogen-bond donors (Lipinski definition) is 4. The van der Waals surface area contributed by atoms with E-state index < -0.39 is 35.5 Å². The number of carbonyl (C=O) groups is 3. The number of nitrogens with two attached hydrogens (primary N) is 1. The Morgan fingerprint density at radius 1 is 1.22 bits per heavy atom. The van der Waals surface area contributed by atoms with Crippen LogP contribution in [0, 0.1) is 22.7 Å². The Hall–Kier alpha value is -2.81. The number of carboxylic acids is 1. The van der Waals surface area contributed by atoms with Crippen LogP contribution in [0.1, 0.15) is 87.7 Å². The van der Waals surface area contributed by atoms with Crippen LogP contribution in [0.4, 0.5) is 0 Å². The highest BCUT2D eigenvalue weighted by atomic mass is 16.5. The van der Waals surface area contributed by atoms with Crippen LogP contribution >= 0.6 is 0 Å². The molecule has 0 unspecified atom stereocenters. The number of nitrogens with zero attached hydrogens (tertiary/aromatic N) is 1. The van der Waals surface area contributed by atoms with E-state index in [-0.39, 0.29) is 53.4 Å². The van der Waals surface area contributed by atoms with Crippen LogP contribution in [-0.2, 0) is 22.6 Å². The molecule has 202 valence electrons. The molecule has 37 heavy (non-hydrogen) atoms. The molecular formula is C28H38N2O7. The molecule has 2 aliphatic heterocycles. The molecule has 1 aromatic carbocycles. The standard InChI is InChI=1S/C28H38N2O7/c1-14-5-7-20-26(2,3)21(32)9-10-27(20,4)28(14)12-16-19(31)11-15-17(23(16)37-28)13-30(24(15)34)18(25(35)36)6-8-22(29)33/h11,14,18,20-21,31-32H,5-10,12-13H2,1-4H3,(H2,29,33)(H,35,36)/t14-,18-,20+,21+,27-,28-/m0/s1. The molecule has 2 saturated carbocycles. The molecule has 2 amide bonds. The first-order valence-corrected chi connectivity index (χ1v) is 13.3. The molecule has 2 fully saturated rings. The molecule has 0 bridgehead atoms. The number of benzene rings is 1. The number of ether oxygens (including phenoxy) is 1. The summed E-state index contributed by atoms with van der Waals surface area (Å²) < 4.78 is 6.97. The van der Waals surface area contributed by atoms with Gasteiger partial charge in [-0.05, 0) is 55.4 Å². The number of primary amides is 1. The zero-order chi connectivity index (χ0) is 27.1. The molecule has 5 rings (SSSR count). The molecule has 0 aromatic heterocycles. The minimum absolute atomic E-state index is 0.0159. The van der Waals surface area contributed by atoms with Gasteiger partial charge in [-0.15, -0.1) is 0 Å². The lowest BCUT2D eigenvalue weighted by Crippen LogP contribution is -2.66. The van der Waals surface area contributed by atoms with Crippen LogP contribution < -0.4 is 10.5 Å². The molecule has 5 N–H and O–H groups in total. The van der Waals surface area contributed by atoms with Crippen molar-refractivity contribution in [2.24, 2.45) is 28.4 Å². The zero-order valence-electron chi connectivity index (χ0n) is 22.0. The highest BCUT2D eigenvalue weighted by Crippen LogP contribution is 2.67. The third-order valence-corrected chi connectivity index (χ3v) is 10.4. The van der Waals surface area contributed by atoms with Gasteiger partial charge in [0.25, 0.3) is 5.91 Å². The summed E-state index contributed by atoms with van der Waals surface area (Å²) in [4.78, 5) is 37.9. The van der Waals surface area contributed by atoms with E-state index in [4.69, 9.17) is 10.5 Å². The number of aliphatic hydroxyl groups excluding tert-OH is 1. The summed E-state index contributed by atoms with van der Waals surface area (Å²) in [6.07, 6.45) is 3.24. The lowest BCUT2D eigenvalue weighted by molar-refractivity contribution is -0.210. The fraction of sp³-hybridized carbons (Fsp3) is 0.679. The maximum atomic E-state index is 13.3. The molecule has 9 nitrogen and oxygen atoms in total. The van der Waals surface area contributed by atoms with Crippen LogP contribution in [0.15, 0.2) is 6.07 Å². The van der Waals surface area contributed by atoms with Gasteiger partial charge in [-0.3, -0.25) is 9.59 Å². The lowest BCUT2D eigenvalue weighted by atomic mass is 9.43. The van der Waals surface area contributed by atoms with Crippen molar-refractivity contribution in [1.29, 1.82) is 0 Å². The Morgan fingerprint density at radius 2 is 1.92 bits per heavy atom. The van der Waals surface area contributed by atoms with Gasteiger partial charge in [-0.25, -0.2) is 4.79 Å². The molecule has 9 heteroatoms. The number of aliphatic hydroxyl groups is 1. The average molecular weight is 515 g/mol. The minimum Gasteiger partial charge on any atom is -0.508 e. The van der Waals surface area contributed by atoms with Crippen molar-refractivity contribution in [3.8, 4) is 11.5 Å². The van der Waals surface area contributed by atoms with E-state index in [0.29, 0.717) is 29.7 Å². The molecular weight excluding hydrogens is 476 g/mol.